The highest BCUT2D eigenvalue weighted by atomic mass is 16.5. The Bertz CT molecular complexity index is 1170. The molecule has 148 valence electrons. The molecule has 4 nitrogen and oxygen atoms in total. The van der Waals surface area contributed by atoms with Crippen LogP contribution in [0.15, 0.2) is 72.8 Å². The van der Waals surface area contributed by atoms with Crippen LogP contribution in [0, 0.1) is 11.8 Å². The van der Waals surface area contributed by atoms with Crippen LogP contribution in [0.3, 0.4) is 0 Å². The average Bonchev–Trinajstić information content (AvgIpc) is 3.06. The summed E-state index contributed by atoms with van der Waals surface area (Å²) >= 11 is 0. The molecular formula is C26H21NO3. The van der Waals surface area contributed by atoms with Crippen LogP contribution >= 0.6 is 0 Å². The number of imide groups is 1. The van der Waals surface area contributed by atoms with E-state index in [-0.39, 0.29) is 23.7 Å². The quantitative estimate of drug-likeness (QED) is 0.609. The van der Waals surface area contributed by atoms with Gasteiger partial charge in [-0.05, 0) is 46.5 Å². The van der Waals surface area contributed by atoms with Crippen LogP contribution in [0.2, 0.25) is 0 Å². The van der Waals surface area contributed by atoms with Gasteiger partial charge in [-0.15, -0.1) is 0 Å². The van der Waals surface area contributed by atoms with E-state index >= 15 is 0 Å². The number of amides is 2. The van der Waals surface area contributed by atoms with Gasteiger partial charge in [-0.3, -0.25) is 9.59 Å². The molecule has 0 unspecified atom stereocenters. The van der Waals surface area contributed by atoms with E-state index in [9.17, 15) is 9.59 Å². The van der Waals surface area contributed by atoms with Crippen molar-refractivity contribution in [1.82, 2.24) is 0 Å². The summed E-state index contributed by atoms with van der Waals surface area (Å²) in [6, 6.07) is 23.8. The Kier molecular flexibility index (Phi) is 3.39. The minimum absolute atomic E-state index is 0.0936. The standard InChI is InChI=1S/C26H21NO3/c1-26-19-9-5-3-7-17(19)21(18-8-4-6-10-20(18)26)22-23(26)25(29)27(24(22)28)15-11-13-16(30-2)14-12-15/h3-14,21-23H,1-2H3/t21?,22-,23-,26?/m1/s1. The van der Waals surface area contributed by atoms with E-state index in [0.29, 0.717) is 11.4 Å². The van der Waals surface area contributed by atoms with Crippen LogP contribution in [-0.4, -0.2) is 18.9 Å². The molecule has 1 fully saturated rings. The molecule has 2 atom stereocenters. The van der Waals surface area contributed by atoms with E-state index in [4.69, 9.17) is 4.74 Å². The molecule has 2 bridgehead atoms. The third-order valence-electron chi connectivity index (χ3n) is 7.37. The Morgan fingerprint density at radius 2 is 1.37 bits per heavy atom. The molecule has 2 amide bonds. The van der Waals surface area contributed by atoms with E-state index in [1.165, 1.54) is 27.2 Å². The van der Waals surface area contributed by atoms with Gasteiger partial charge in [0, 0.05) is 11.3 Å². The average molecular weight is 395 g/mol. The van der Waals surface area contributed by atoms with Gasteiger partial charge in [0.15, 0.2) is 0 Å². The first-order valence-corrected chi connectivity index (χ1v) is 10.3. The molecule has 1 saturated heterocycles. The second-order valence-electron chi connectivity index (χ2n) is 8.57. The molecule has 30 heavy (non-hydrogen) atoms. The number of methoxy groups -OCH3 is 1. The predicted molar refractivity (Wildman–Crippen MR) is 114 cm³/mol. The zero-order chi connectivity index (χ0) is 20.6. The van der Waals surface area contributed by atoms with Crippen LogP contribution < -0.4 is 9.64 Å². The lowest BCUT2D eigenvalue weighted by atomic mass is 9.48. The Balaban J connectivity index is 1.57. The van der Waals surface area contributed by atoms with Crippen molar-refractivity contribution in [3.8, 4) is 5.75 Å². The topological polar surface area (TPSA) is 46.6 Å². The highest BCUT2D eigenvalue weighted by Crippen LogP contribution is 2.64. The highest BCUT2D eigenvalue weighted by molar-refractivity contribution is 6.23. The molecule has 0 N–H and O–H groups in total. The van der Waals surface area contributed by atoms with Crippen molar-refractivity contribution in [3.05, 3.63) is 95.1 Å². The van der Waals surface area contributed by atoms with Crippen molar-refractivity contribution in [2.24, 2.45) is 11.8 Å². The first kappa shape index (κ1) is 17.5. The minimum Gasteiger partial charge on any atom is -0.497 e. The second-order valence-corrected chi connectivity index (χ2v) is 8.57. The number of hydrogen-bond acceptors (Lipinski definition) is 3. The molecule has 7 rings (SSSR count). The SMILES string of the molecule is COc1ccc(N2C(=O)[C@@H]3C4c5ccccc5C(C)(c5ccccc54)[C@H]3C2=O)cc1. The van der Waals surface area contributed by atoms with Gasteiger partial charge in [-0.1, -0.05) is 55.5 Å². The van der Waals surface area contributed by atoms with Gasteiger partial charge in [0.05, 0.1) is 24.6 Å². The molecule has 4 aliphatic rings. The van der Waals surface area contributed by atoms with Gasteiger partial charge in [0.2, 0.25) is 11.8 Å². The van der Waals surface area contributed by atoms with Gasteiger partial charge < -0.3 is 4.74 Å². The smallest absolute Gasteiger partial charge is 0.238 e. The molecule has 3 aromatic rings. The Morgan fingerprint density at radius 1 is 0.800 bits per heavy atom. The molecule has 0 saturated carbocycles. The summed E-state index contributed by atoms with van der Waals surface area (Å²) in [5.41, 5.74) is 4.78. The lowest BCUT2D eigenvalue weighted by Gasteiger charge is -2.52. The Hall–Kier alpha value is -3.40. The monoisotopic (exact) mass is 395 g/mol. The van der Waals surface area contributed by atoms with Crippen molar-refractivity contribution in [2.75, 3.05) is 12.0 Å². The summed E-state index contributed by atoms with van der Waals surface area (Å²) in [7, 11) is 1.60. The first-order chi connectivity index (χ1) is 14.6. The zero-order valence-corrected chi connectivity index (χ0v) is 16.8. The summed E-state index contributed by atoms with van der Waals surface area (Å²) in [5, 5.41) is 0. The molecule has 3 aromatic carbocycles. The molecule has 1 aliphatic heterocycles. The number of hydrogen-bond donors (Lipinski definition) is 0. The van der Waals surface area contributed by atoms with Crippen LogP contribution in [0.1, 0.15) is 35.1 Å². The number of carbonyl (C=O) groups is 2. The largest absolute Gasteiger partial charge is 0.497 e. The first-order valence-electron chi connectivity index (χ1n) is 10.3. The van der Waals surface area contributed by atoms with E-state index < -0.39 is 11.3 Å². The van der Waals surface area contributed by atoms with E-state index in [2.05, 4.69) is 31.2 Å². The molecule has 1 heterocycles. The van der Waals surface area contributed by atoms with Gasteiger partial charge in [0.1, 0.15) is 5.75 Å². The fourth-order valence-electron chi connectivity index (χ4n) is 6.14. The Morgan fingerprint density at radius 3 is 1.93 bits per heavy atom. The summed E-state index contributed by atoms with van der Waals surface area (Å²) < 4.78 is 5.24. The van der Waals surface area contributed by atoms with Crippen LogP contribution in [-0.2, 0) is 15.0 Å². The van der Waals surface area contributed by atoms with Crippen LogP contribution in [0.25, 0.3) is 0 Å². The maximum atomic E-state index is 13.8. The number of ether oxygens (including phenoxy) is 1. The molecule has 0 aromatic heterocycles. The lowest BCUT2D eigenvalue weighted by Crippen LogP contribution is -2.51. The normalized spacial score (nSPS) is 28.2. The van der Waals surface area contributed by atoms with Crippen molar-refractivity contribution < 1.29 is 14.3 Å². The summed E-state index contributed by atoms with van der Waals surface area (Å²) in [5.74, 6) is -0.385. The summed E-state index contributed by atoms with van der Waals surface area (Å²) in [4.78, 5) is 28.9. The maximum absolute atomic E-state index is 13.8. The molecule has 0 spiro atoms. The highest BCUT2D eigenvalue weighted by Gasteiger charge is 2.66. The predicted octanol–water partition coefficient (Wildman–Crippen LogP) is 4.27. The Labute approximate surface area is 175 Å². The number of rotatable bonds is 2. The number of benzene rings is 3. The molecule has 4 heteroatoms. The zero-order valence-electron chi connectivity index (χ0n) is 16.8. The molecular weight excluding hydrogens is 374 g/mol. The van der Waals surface area contributed by atoms with Crippen molar-refractivity contribution >= 4 is 17.5 Å². The molecule has 3 aliphatic carbocycles. The fraction of sp³-hybridized carbons (Fsp3) is 0.231. The van der Waals surface area contributed by atoms with Crippen molar-refractivity contribution in [2.45, 2.75) is 18.3 Å². The fourth-order valence-corrected chi connectivity index (χ4v) is 6.14. The molecule has 0 radical (unpaired) electrons. The van der Waals surface area contributed by atoms with Gasteiger partial charge in [0.25, 0.3) is 0 Å². The van der Waals surface area contributed by atoms with Crippen LogP contribution in [0.4, 0.5) is 5.69 Å². The van der Waals surface area contributed by atoms with E-state index in [0.717, 1.165) is 0 Å². The third-order valence-corrected chi connectivity index (χ3v) is 7.37. The number of carbonyl (C=O) groups excluding carboxylic acids is 2. The second kappa shape index (κ2) is 5.82. The van der Waals surface area contributed by atoms with E-state index in [1.807, 2.05) is 24.3 Å². The van der Waals surface area contributed by atoms with Gasteiger partial charge >= 0.3 is 0 Å². The van der Waals surface area contributed by atoms with Crippen LogP contribution in [0.5, 0.6) is 5.75 Å². The third kappa shape index (κ3) is 1.91. The van der Waals surface area contributed by atoms with Gasteiger partial charge in [-0.2, -0.15) is 0 Å². The number of anilines is 1. The van der Waals surface area contributed by atoms with E-state index in [1.54, 1.807) is 31.4 Å². The van der Waals surface area contributed by atoms with Crippen molar-refractivity contribution in [1.29, 1.82) is 0 Å². The minimum atomic E-state index is -0.527. The van der Waals surface area contributed by atoms with Gasteiger partial charge in [-0.25, -0.2) is 4.90 Å². The summed E-state index contributed by atoms with van der Waals surface area (Å²) in [6.07, 6.45) is 0. The summed E-state index contributed by atoms with van der Waals surface area (Å²) in [6.45, 7) is 2.14. The number of nitrogens with zero attached hydrogens (tertiary/aromatic N) is 1. The van der Waals surface area contributed by atoms with Crippen molar-refractivity contribution in [3.63, 3.8) is 0 Å². The lowest BCUT2D eigenvalue weighted by molar-refractivity contribution is -0.123. The maximum Gasteiger partial charge on any atom is 0.238 e.